The molecule has 0 aliphatic carbocycles. The average Bonchev–Trinajstić information content (AvgIpc) is 2.34. The molecular formula is C13H20N2O2. The number of carbonyl (C=O) groups is 1. The van der Waals surface area contributed by atoms with Gasteiger partial charge in [0.05, 0.1) is 0 Å². The van der Waals surface area contributed by atoms with Crippen LogP contribution in [0.5, 0.6) is 0 Å². The van der Waals surface area contributed by atoms with Gasteiger partial charge in [0.2, 0.25) is 0 Å². The van der Waals surface area contributed by atoms with Crippen molar-refractivity contribution in [2.24, 2.45) is 11.7 Å². The van der Waals surface area contributed by atoms with Gasteiger partial charge in [0, 0.05) is 12.6 Å². The van der Waals surface area contributed by atoms with E-state index in [0.717, 1.165) is 5.56 Å². The van der Waals surface area contributed by atoms with E-state index in [1.165, 1.54) is 0 Å². The molecule has 0 aliphatic heterocycles. The third-order valence-corrected chi connectivity index (χ3v) is 2.57. The maximum atomic E-state index is 11.5. The molecule has 1 amide bonds. The van der Waals surface area contributed by atoms with E-state index < -0.39 is 6.09 Å². The van der Waals surface area contributed by atoms with Crippen molar-refractivity contribution in [1.82, 2.24) is 5.32 Å². The summed E-state index contributed by atoms with van der Waals surface area (Å²) in [5.74, 6) is 0.296. The van der Waals surface area contributed by atoms with Crippen molar-refractivity contribution < 1.29 is 9.53 Å². The second-order valence-electron chi connectivity index (χ2n) is 4.29. The molecule has 1 aromatic rings. The highest BCUT2D eigenvalue weighted by Gasteiger charge is 2.14. The highest BCUT2D eigenvalue weighted by atomic mass is 16.5. The van der Waals surface area contributed by atoms with Crippen LogP contribution in [0.25, 0.3) is 0 Å². The second kappa shape index (κ2) is 6.91. The molecule has 0 aromatic heterocycles. The quantitative estimate of drug-likeness (QED) is 0.820. The first-order valence-electron chi connectivity index (χ1n) is 5.80. The molecule has 0 radical (unpaired) electrons. The maximum Gasteiger partial charge on any atom is 0.407 e. The minimum atomic E-state index is -0.419. The zero-order chi connectivity index (χ0) is 12.7. The summed E-state index contributed by atoms with van der Waals surface area (Å²) < 4.78 is 5.10. The van der Waals surface area contributed by atoms with Gasteiger partial charge in [0.25, 0.3) is 0 Å². The lowest BCUT2D eigenvalue weighted by Crippen LogP contribution is -2.43. The predicted octanol–water partition coefficient (Wildman–Crippen LogP) is 1.90. The molecule has 0 fully saturated rings. The van der Waals surface area contributed by atoms with Gasteiger partial charge in [-0.25, -0.2) is 4.79 Å². The summed E-state index contributed by atoms with van der Waals surface area (Å²) in [5.41, 5.74) is 6.53. The van der Waals surface area contributed by atoms with Crippen LogP contribution in [-0.4, -0.2) is 18.7 Å². The van der Waals surface area contributed by atoms with E-state index in [-0.39, 0.29) is 12.6 Å². The Morgan fingerprint density at radius 1 is 1.35 bits per heavy atom. The lowest BCUT2D eigenvalue weighted by molar-refractivity contribution is 0.133. The second-order valence-corrected chi connectivity index (χ2v) is 4.29. The zero-order valence-corrected chi connectivity index (χ0v) is 10.3. The fraction of sp³-hybridized carbons (Fsp3) is 0.462. The lowest BCUT2D eigenvalue weighted by Gasteiger charge is -2.20. The topological polar surface area (TPSA) is 64.3 Å². The molecule has 1 rings (SSSR count). The fourth-order valence-corrected chi connectivity index (χ4v) is 1.41. The molecule has 1 aromatic carbocycles. The highest BCUT2D eigenvalue weighted by molar-refractivity contribution is 5.67. The minimum Gasteiger partial charge on any atom is -0.445 e. The summed E-state index contributed by atoms with van der Waals surface area (Å²) in [5, 5.41) is 2.75. The Bertz CT molecular complexity index is 339. The highest BCUT2D eigenvalue weighted by Crippen LogP contribution is 2.03. The third-order valence-electron chi connectivity index (χ3n) is 2.57. The van der Waals surface area contributed by atoms with Gasteiger partial charge < -0.3 is 15.8 Å². The van der Waals surface area contributed by atoms with E-state index >= 15 is 0 Å². The largest absolute Gasteiger partial charge is 0.445 e. The van der Waals surface area contributed by atoms with Crippen LogP contribution in [0.3, 0.4) is 0 Å². The molecule has 0 aliphatic rings. The normalized spacial score (nSPS) is 12.2. The number of nitrogens with one attached hydrogen (secondary N) is 1. The van der Waals surface area contributed by atoms with Crippen LogP contribution in [0.2, 0.25) is 0 Å². The van der Waals surface area contributed by atoms with Crippen LogP contribution < -0.4 is 11.1 Å². The van der Waals surface area contributed by atoms with Crippen molar-refractivity contribution in [3.05, 3.63) is 35.9 Å². The van der Waals surface area contributed by atoms with Gasteiger partial charge in [-0.1, -0.05) is 44.2 Å². The molecule has 0 saturated carbocycles. The van der Waals surface area contributed by atoms with Crippen molar-refractivity contribution in [3.63, 3.8) is 0 Å². The van der Waals surface area contributed by atoms with Crippen LogP contribution >= 0.6 is 0 Å². The van der Waals surface area contributed by atoms with Gasteiger partial charge in [-0.15, -0.1) is 0 Å². The van der Waals surface area contributed by atoms with E-state index in [1.54, 1.807) is 0 Å². The maximum absolute atomic E-state index is 11.5. The van der Waals surface area contributed by atoms with Crippen molar-refractivity contribution in [2.75, 3.05) is 6.54 Å². The summed E-state index contributed by atoms with van der Waals surface area (Å²) in [6.45, 7) is 4.71. The van der Waals surface area contributed by atoms with E-state index in [4.69, 9.17) is 10.5 Å². The van der Waals surface area contributed by atoms with Crippen molar-refractivity contribution in [3.8, 4) is 0 Å². The first-order valence-corrected chi connectivity index (χ1v) is 5.80. The lowest BCUT2D eigenvalue weighted by atomic mass is 10.1. The van der Waals surface area contributed by atoms with E-state index in [9.17, 15) is 4.79 Å². The molecule has 94 valence electrons. The Kier molecular flexibility index (Phi) is 5.49. The number of ether oxygens (including phenoxy) is 1. The van der Waals surface area contributed by atoms with Gasteiger partial charge in [-0.05, 0) is 11.5 Å². The van der Waals surface area contributed by atoms with Crippen LogP contribution in [-0.2, 0) is 11.3 Å². The Balaban J connectivity index is 2.35. The van der Waals surface area contributed by atoms with Crippen molar-refractivity contribution in [2.45, 2.75) is 26.5 Å². The Morgan fingerprint density at radius 3 is 2.53 bits per heavy atom. The molecular weight excluding hydrogens is 216 g/mol. The smallest absolute Gasteiger partial charge is 0.407 e. The van der Waals surface area contributed by atoms with E-state index in [2.05, 4.69) is 5.32 Å². The first kappa shape index (κ1) is 13.5. The molecule has 17 heavy (non-hydrogen) atoms. The Labute approximate surface area is 102 Å². The average molecular weight is 236 g/mol. The fourth-order valence-electron chi connectivity index (χ4n) is 1.41. The molecule has 4 heteroatoms. The van der Waals surface area contributed by atoms with Crippen molar-refractivity contribution >= 4 is 6.09 Å². The SMILES string of the molecule is CC(C)[C@H](CN)NC(=O)OCc1ccccc1. The minimum absolute atomic E-state index is 0.0433. The van der Waals surface area contributed by atoms with Crippen molar-refractivity contribution in [1.29, 1.82) is 0 Å². The van der Waals surface area contributed by atoms with Gasteiger partial charge in [0.15, 0.2) is 0 Å². The number of amides is 1. The summed E-state index contributed by atoms with van der Waals surface area (Å²) in [6.07, 6.45) is -0.419. The van der Waals surface area contributed by atoms with Gasteiger partial charge in [-0.3, -0.25) is 0 Å². The summed E-state index contributed by atoms with van der Waals surface area (Å²) >= 11 is 0. The molecule has 0 saturated heterocycles. The number of benzene rings is 1. The predicted molar refractivity (Wildman–Crippen MR) is 67.4 cm³/mol. The number of hydrogen-bond acceptors (Lipinski definition) is 3. The Morgan fingerprint density at radius 2 is 2.00 bits per heavy atom. The molecule has 1 atom stereocenters. The van der Waals surface area contributed by atoms with E-state index in [1.807, 2.05) is 44.2 Å². The molecule has 0 spiro atoms. The van der Waals surface area contributed by atoms with Gasteiger partial charge in [0.1, 0.15) is 6.61 Å². The van der Waals surface area contributed by atoms with Gasteiger partial charge in [-0.2, -0.15) is 0 Å². The number of rotatable bonds is 5. The molecule has 4 nitrogen and oxygen atoms in total. The molecule has 0 heterocycles. The number of carbonyl (C=O) groups excluding carboxylic acids is 1. The first-order chi connectivity index (χ1) is 8.13. The number of nitrogens with two attached hydrogens (primary N) is 1. The van der Waals surface area contributed by atoms with Gasteiger partial charge >= 0.3 is 6.09 Å². The molecule has 0 bridgehead atoms. The van der Waals surface area contributed by atoms with Crippen LogP contribution in [0.1, 0.15) is 19.4 Å². The van der Waals surface area contributed by atoms with Crippen LogP contribution in [0.4, 0.5) is 4.79 Å². The Hall–Kier alpha value is -1.55. The van der Waals surface area contributed by atoms with Crippen LogP contribution in [0, 0.1) is 5.92 Å². The number of hydrogen-bond donors (Lipinski definition) is 2. The number of alkyl carbamates (subject to hydrolysis) is 1. The van der Waals surface area contributed by atoms with Crippen LogP contribution in [0.15, 0.2) is 30.3 Å². The summed E-state index contributed by atoms with van der Waals surface area (Å²) in [7, 11) is 0. The zero-order valence-electron chi connectivity index (χ0n) is 10.3. The summed E-state index contributed by atoms with van der Waals surface area (Å²) in [6, 6.07) is 9.53. The third kappa shape index (κ3) is 4.87. The molecule has 3 N–H and O–H groups in total. The molecule has 0 unspecified atom stereocenters. The standard InChI is InChI=1S/C13H20N2O2/c1-10(2)12(8-14)15-13(16)17-9-11-6-4-3-5-7-11/h3-7,10,12H,8-9,14H2,1-2H3,(H,15,16)/t12-/m0/s1. The monoisotopic (exact) mass is 236 g/mol. The summed E-state index contributed by atoms with van der Waals surface area (Å²) in [4.78, 5) is 11.5. The van der Waals surface area contributed by atoms with E-state index in [0.29, 0.717) is 12.5 Å².